The molecular formula is C51H52O3. The maximum Gasteiger partial charge on any atom is 0.127 e. The van der Waals surface area contributed by atoms with Crippen LogP contribution >= 0.6 is 0 Å². The lowest BCUT2D eigenvalue weighted by molar-refractivity contribution is 0.0645. The van der Waals surface area contributed by atoms with Gasteiger partial charge >= 0.3 is 0 Å². The summed E-state index contributed by atoms with van der Waals surface area (Å²) in [7, 11) is 5.30. The van der Waals surface area contributed by atoms with Crippen LogP contribution in [-0.4, -0.2) is 21.3 Å². The number of ether oxygens (including phenoxy) is 3. The van der Waals surface area contributed by atoms with E-state index < -0.39 is 5.41 Å². The van der Waals surface area contributed by atoms with Crippen LogP contribution in [0.5, 0.6) is 17.2 Å². The quantitative estimate of drug-likeness (QED) is 0.175. The number of benzene rings is 5. The Morgan fingerprint density at radius 1 is 0.611 bits per heavy atom. The first-order valence-electron chi connectivity index (χ1n) is 19.7. The molecule has 3 heteroatoms. The van der Waals surface area contributed by atoms with E-state index in [0.29, 0.717) is 0 Å². The molecule has 0 amide bonds. The molecule has 54 heavy (non-hydrogen) atoms. The molecule has 1 saturated carbocycles. The molecular weight excluding hydrogens is 661 g/mol. The van der Waals surface area contributed by atoms with Crippen LogP contribution in [0.2, 0.25) is 0 Å². The van der Waals surface area contributed by atoms with Gasteiger partial charge in [0, 0.05) is 16.4 Å². The van der Waals surface area contributed by atoms with Crippen LogP contribution < -0.4 is 14.2 Å². The van der Waals surface area contributed by atoms with Crippen molar-refractivity contribution >= 4 is 22.4 Å². The molecule has 0 unspecified atom stereocenters. The average molecular weight is 713 g/mol. The van der Waals surface area contributed by atoms with Crippen LogP contribution in [0.4, 0.5) is 0 Å². The van der Waals surface area contributed by atoms with E-state index in [1.807, 2.05) is 7.11 Å². The smallest absolute Gasteiger partial charge is 0.127 e. The summed E-state index contributed by atoms with van der Waals surface area (Å²) < 4.78 is 17.6. The molecule has 0 heterocycles. The van der Waals surface area contributed by atoms with E-state index in [9.17, 15) is 0 Å². The minimum absolute atomic E-state index is 0.107. The summed E-state index contributed by atoms with van der Waals surface area (Å²) in [6, 6.07) is 31.6. The number of hydrogen-bond acceptors (Lipinski definition) is 3. The van der Waals surface area contributed by atoms with Crippen molar-refractivity contribution in [2.45, 2.75) is 77.0 Å². The van der Waals surface area contributed by atoms with E-state index in [0.717, 1.165) is 49.4 Å². The van der Waals surface area contributed by atoms with E-state index in [1.165, 1.54) is 72.8 Å². The molecule has 4 aliphatic carbocycles. The summed E-state index contributed by atoms with van der Waals surface area (Å²) in [6.45, 7) is 10.0. The topological polar surface area (TPSA) is 27.7 Å². The largest absolute Gasteiger partial charge is 0.497 e. The van der Waals surface area contributed by atoms with Crippen molar-refractivity contribution < 1.29 is 14.2 Å². The predicted octanol–water partition coefficient (Wildman–Crippen LogP) is 12.7. The molecule has 0 N–H and O–H groups in total. The van der Waals surface area contributed by atoms with E-state index in [2.05, 4.69) is 143 Å². The molecule has 9 rings (SSSR count). The summed E-state index contributed by atoms with van der Waals surface area (Å²) in [4.78, 5) is 0. The fraction of sp³-hybridized carbons (Fsp3) is 0.333. The molecule has 1 spiro atoms. The molecule has 1 fully saturated rings. The van der Waals surface area contributed by atoms with Gasteiger partial charge in [-0.1, -0.05) is 107 Å². The Bertz CT molecular complexity index is 2320. The highest BCUT2D eigenvalue weighted by Gasteiger charge is 2.55. The van der Waals surface area contributed by atoms with Gasteiger partial charge in [-0.2, -0.15) is 0 Å². The van der Waals surface area contributed by atoms with Crippen LogP contribution in [0.3, 0.4) is 0 Å². The second-order valence-electron chi connectivity index (χ2n) is 17.8. The molecule has 4 aliphatic rings. The lowest BCUT2D eigenvalue weighted by Crippen LogP contribution is -2.44. The first-order valence-corrected chi connectivity index (χ1v) is 19.7. The third-order valence-corrected chi connectivity index (χ3v) is 13.0. The number of fused-ring (bicyclic) bond motifs is 10. The zero-order valence-corrected chi connectivity index (χ0v) is 32.9. The average Bonchev–Trinajstić information content (AvgIpc) is 3.44. The van der Waals surface area contributed by atoms with Crippen molar-refractivity contribution in [3.8, 4) is 28.4 Å². The van der Waals surface area contributed by atoms with Gasteiger partial charge < -0.3 is 14.2 Å². The van der Waals surface area contributed by atoms with Gasteiger partial charge in [0.05, 0.1) is 21.3 Å². The molecule has 0 aliphatic heterocycles. The first kappa shape index (κ1) is 34.7. The Kier molecular flexibility index (Phi) is 8.05. The summed E-state index contributed by atoms with van der Waals surface area (Å²) in [5.41, 5.74) is 13.4. The number of methoxy groups -OCH3 is 3. The summed E-state index contributed by atoms with van der Waals surface area (Å²) in [5.74, 6) is 2.65. The Balaban J connectivity index is 1.40. The van der Waals surface area contributed by atoms with Gasteiger partial charge in [-0.25, -0.2) is 0 Å². The fourth-order valence-corrected chi connectivity index (χ4v) is 11.6. The Hall–Kier alpha value is -5.02. The molecule has 0 saturated heterocycles. The zero-order valence-electron chi connectivity index (χ0n) is 32.9. The van der Waals surface area contributed by atoms with Gasteiger partial charge in [-0.15, -0.1) is 0 Å². The molecule has 0 radical (unpaired) electrons. The second kappa shape index (κ2) is 12.5. The summed E-state index contributed by atoms with van der Waals surface area (Å²) in [6.07, 6.45) is 18.4. The third-order valence-electron chi connectivity index (χ3n) is 13.0. The highest BCUT2D eigenvalue weighted by molar-refractivity contribution is 6.09. The number of hydrogen-bond donors (Lipinski definition) is 0. The van der Waals surface area contributed by atoms with Crippen molar-refractivity contribution in [2.75, 3.05) is 21.3 Å². The highest BCUT2D eigenvalue weighted by atomic mass is 16.5. The standard InChI is InChI=1S/C51H52O3/c1-48(2)30-49(3,4)32-51(31-48)44-16-12-11-15-39(44)46-42-27-40(33-13-9-8-10-14-33)45(54-7)28-41(42)43-29-50(26-25-38(43)47(46)51,34-17-21-36(52-5)22-18-34)35-19-23-37(53-6)24-20-35/h9,11-28H,8,10,29-32H2,1-7H3. The van der Waals surface area contributed by atoms with Crippen molar-refractivity contribution in [1.82, 2.24) is 0 Å². The Labute approximate surface area is 321 Å². The van der Waals surface area contributed by atoms with Gasteiger partial charge in [-0.3, -0.25) is 0 Å². The van der Waals surface area contributed by atoms with Crippen molar-refractivity contribution in [3.05, 3.63) is 148 Å². The van der Waals surface area contributed by atoms with Crippen LogP contribution in [0, 0.1) is 10.8 Å². The maximum atomic E-state index is 6.30. The van der Waals surface area contributed by atoms with E-state index >= 15 is 0 Å². The van der Waals surface area contributed by atoms with Crippen molar-refractivity contribution in [1.29, 1.82) is 0 Å². The molecule has 0 aromatic heterocycles. The molecule has 3 nitrogen and oxygen atoms in total. The van der Waals surface area contributed by atoms with E-state index in [-0.39, 0.29) is 16.2 Å². The number of rotatable bonds is 6. The van der Waals surface area contributed by atoms with Crippen LogP contribution in [0.1, 0.15) is 98.7 Å². The number of allylic oxidation sites excluding steroid dienone is 5. The van der Waals surface area contributed by atoms with Gasteiger partial charge in [-0.05, 0) is 147 Å². The molecule has 274 valence electrons. The minimum atomic E-state index is -0.420. The lowest BCUT2D eigenvalue weighted by Gasteiger charge is -2.52. The Morgan fingerprint density at radius 2 is 1.26 bits per heavy atom. The highest BCUT2D eigenvalue weighted by Crippen LogP contribution is 2.66. The lowest BCUT2D eigenvalue weighted by atomic mass is 9.51. The van der Waals surface area contributed by atoms with Gasteiger partial charge in [0.1, 0.15) is 17.2 Å². The van der Waals surface area contributed by atoms with Gasteiger partial charge in [0.15, 0.2) is 0 Å². The monoisotopic (exact) mass is 712 g/mol. The zero-order chi connectivity index (χ0) is 37.5. The normalized spacial score (nSPS) is 19.5. The minimum Gasteiger partial charge on any atom is -0.497 e. The van der Waals surface area contributed by atoms with Gasteiger partial charge in [0.2, 0.25) is 0 Å². The molecule has 5 aromatic carbocycles. The van der Waals surface area contributed by atoms with E-state index in [1.54, 1.807) is 14.2 Å². The summed E-state index contributed by atoms with van der Waals surface area (Å²) >= 11 is 0. The molecule has 0 bridgehead atoms. The van der Waals surface area contributed by atoms with Crippen molar-refractivity contribution in [2.24, 2.45) is 10.8 Å². The summed E-state index contributed by atoms with van der Waals surface area (Å²) in [5, 5.41) is 2.61. The fourth-order valence-electron chi connectivity index (χ4n) is 11.6. The van der Waals surface area contributed by atoms with Crippen LogP contribution in [0.25, 0.3) is 33.5 Å². The van der Waals surface area contributed by atoms with Crippen LogP contribution in [0.15, 0.2) is 109 Å². The van der Waals surface area contributed by atoms with Crippen LogP contribution in [-0.2, 0) is 17.3 Å². The molecule has 0 atom stereocenters. The van der Waals surface area contributed by atoms with Crippen molar-refractivity contribution in [3.63, 3.8) is 0 Å². The SMILES string of the molecule is COc1ccc(C2(c3ccc(OC)cc3)C=Cc3c4c(c5cc(C6=CCCC=C6)c(OC)cc5c3C2)-c2ccccc2C42CC(C)(C)CC(C)(C)C2)cc1. The third kappa shape index (κ3) is 5.29. The predicted molar refractivity (Wildman–Crippen MR) is 224 cm³/mol. The van der Waals surface area contributed by atoms with E-state index in [4.69, 9.17) is 14.2 Å². The first-order chi connectivity index (χ1) is 26.0. The Morgan fingerprint density at radius 3 is 1.85 bits per heavy atom. The second-order valence-corrected chi connectivity index (χ2v) is 17.8. The molecule has 5 aromatic rings. The maximum absolute atomic E-state index is 6.30. The van der Waals surface area contributed by atoms with Gasteiger partial charge in [0.25, 0.3) is 0 Å².